The van der Waals surface area contributed by atoms with E-state index in [2.05, 4.69) is 109 Å². The molecule has 3 aliphatic rings. The third kappa shape index (κ3) is 4.98. The lowest BCUT2D eigenvalue weighted by Crippen LogP contribution is -2.67. The molecule has 2 aromatic rings. The van der Waals surface area contributed by atoms with Gasteiger partial charge < -0.3 is 14.3 Å². The molecule has 0 radical (unpaired) electrons. The highest BCUT2D eigenvalue weighted by Gasteiger charge is 2.67. The first-order chi connectivity index (χ1) is 20.0. The van der Waals surface area contributed by atoms with Gasteiger partial charge in [-0.25, -0.2) is 0 Å². The molecule has 5 rings (SSSR count). The van der Waals surface area contributed by atoms with Crippen LogP contribution in [-0.2, 0) is 14.0 Å². The Morgan fingerprint density at radius 1 is 0.953 bits per heavy atom. The predicted octanol–water partition coefficient (Wildman–Crippen LogP) is 7.29. The smallest absolute Gasteiger partial charge is 0.311 e. The highest BCUT2D eigenvalue weighted by molar-refractivity contribution is 6.99. The van der Waals surface area contributed by atoms with Crippen LogP contribution in [0.4, 0.5) is 0 Å². The number of carbonyl (C=O) groups excluding carboxylic acids is 1. The maximum Gasteiger partial charge on any atom is 0.311 e. The van der Waals surface area contributed by atoms with Gasteiger partial charge in [-0.15, -0.1) is 0 Å². The fourth-order valence-corrected chi connectivity index (χ4v) is 13.8. The van der Waals surface area contributed by atoms with Crippen LogP contribution in [0.1, 0.15) is 88.5 Å². The molecule has 0 bridgehead atoms. The summed E-state index contributed by atoms with van der Waals surface area (Å²) < 4.78 is 14.1. The molecular formula is C38H54O4Si. The average Bonchev–Trinajstić information content (AvgIpc) is 3.35. The van der Waals surface area contributed by atoms with Crippen molar-refractivity contribution in [3.8, 4) is 0 Å². The van der Waals surface area contributed by atoms with Crippen LogP contribution in [0, 0.1) is 34.0 Å². The second kappa shape index (κ2) is 11.0. The minimum absolute atomic E-state index is 0.0859. The summed E-state index contributed by atoms with van der Waals surface area (Å²) in [5.41, 5.74) is 1.75. The Morgan fingerprint density at radius 2 is 1.49 bits per heavy atom. The van der Waals surface area contributed by atoms with Gasteiger partial charge in [0.2, 0.25) is 0 Å². The number of aliphatic hydroxyl groups is 1. The van der Waals surface area contributed by atoms with E-state index in [1.807, 2.05) is 20.8 Å². The van der Waals surface area contributed by atoms with Gasteiger partial charge in [0.15, 0.2) is 0 Å². The number of hydrogen-bond donors (Lipinski definition) is 1. The van der Waals surface area contributed by atoms with Crippen molar-refractivity contribution < 1.29 is 19.1 Å². The summed E-state index contributed by atoms with van der Waals surface area (Å²) in [4.78, 5) is 13.3. The van der Waals surface area contributed by atoms with Gasteiger partial charge in [-0.3, -0.25) is 4.79 Å². The Hall–Kier alpha value is -2.21. The van der Waals surface area contributed by atoms with Crippen LogP contribution in [0.3, 0.4) is 0 Å². The van der Waals surface area contributed by atoms with E-state index in [1.54, 1.807) is 0 Å². The first-order valence-corrected chi connectivity index (χ1v) is 18.3. The van der Waals surface area contributed by atoms with Crippen molar-refractivity contribution >= 4 is 24.7 Å². The molecule has 0 aliphatic heterocycles. The Balaban J connectivity index is 1.65. The van der Waals surface area contributed by atoms with Crippen molar-refractivity contribution in [1.29, 1.82) is 0 Å². The second-order valence-electron chi connectivity index (χ2n) is 16.3. The minimum atomic E-state index is -2.79. The molecule has 43 heavy (non-hydrogen) atoms. The van der Waals surface area contributed by atoms with E-state index in [9.17, 15) is 9.90 Å². The third-order valence-corrected chi connectivity index (χ3v) is 16.7. The average molecular weight is 603 g/mol. The second-order valence-corrected chi connectivity index (χ2v) is 20.6. The predicted molar refractivity (Wildman–Crippen MR) is 178 cm³/mol. The van der Waals surface area contributed by atoms with Crippen molar-refractivity contribution in [3.05, 3.63) is 71.8 Å². The zero-order chi connectivity index (χ0) is 31.6. The van der Waals surface area contributed by atoms with Gasteiger partial charge in [-0.2, -0.15) is 0 Å². The summed E-state index contributed by atoms with van der Waals surface area (Å²) >= 11 is 0. The lowest BCUT2D eigenvalue weighted by molar-refractivity contribution is -0.175. The first-order valence-electron chi connectivity index (χ1n) is 16.4. The van der Waals surface area contributed by atoms with Crippen molar-refractivity contribution in [3.63, 3.8) is 0 Å². The number of benzene rings is 2. The molecule has 4 nitrogen and oxygen atoms in total. The molecule has 0 unspecified atom stereocenters. The van der Waals surface area contributed by atoms with Crippen LogP contribution in [0.2, 0.25) is 5.04 Å². The lowest BCUT2D eigenvalue weighted by Gasteiger charge is -2.55. The number of hydrogen-bond acceptors (Lipinski definition) is 4. The Kier molecular flexibility index (Phi) is 8.23. The summed E-state index contributed by atoms with van der Waals surface area (Å²) in [6, 6.07) is 21.7. The fourth-order valence-electron chi connectivity index (χ4n) is 9.25. The van der Waals surface area contributed by atoms with Gasteiger partial charge in [0, 0.05) is 12.0 Å². The molecule has 6 atom stereocenters. The van der Waals surface area contributed by atoms with Gasteiger partial charge in [-0.1, -0.05) is 108 Å². The summed E-state index contributed by atoms with van der Waals surface area (Å²) in [6.07, 6.45) is 1.95. The van der Waals surface area contributed by atoms with Gasteiger partial charge in [0.1, 0.15) is 6.10 Å². The number of rotatable bonds is 6. The molecule has 2 fully saturated rings. The molecule has 1 spiro atoms. The van der Waals surface area contributed by atoms with E-state index in [0.29, 0.717) is 6.61 Å². The maximum absolute atomic E-state index is 13.3. The molecule has 2 saturated carbocycles. The standard InChI is InChI=1S/C38H54O4Si/c1-25-29(24-41-43(36(6,7)8,27-17-13-11-14-18-27)28-19-15-12-16-20-28)38-22-21-30(39)33(38)26(2)37(9,10)32(38)23-31(25)42-34(40)35(3,4)5/h11-20,25,29-32,39H,21-24H2,1-10H3/t25-,29-,30+,31-,32-,38-/m0/s1. The zero-order valence-corrected chi connectivity index (χ0v) is 29.2. The van der Waals surface area contributed by atoms with E-state index in [4.69, 9.17) is 9.16 Å². The lowest BCUT2D eigenvalue weighted by atomic mass is 9.52. The minimum Gasteiger partial charge on any atom is -0.462 e. The zero-order valence-electron chi connectivity index (χ0n) is 28.2. The topological polar surface area (TPSA) is 55.8 Å². The monoisotopic (exact) mass is 602 g/mol. The van der Waals surface area contributed by atoms with E-state index >= 15 is 0 Å². The van der Waals surface area contributed by atoms with Crippen molar-refractivity contribution in [2.24, 2.45) is 34.0 Å². The van der Waals surface area contributed by atoms with Gasteiger partial charge >= 0.3 is 5.97 Å². The SMILES string of the molecule is CC1=C2[C@H](O)CC[C@@]23[C@@H](CO[Si](c2ccccc2)(c2ccccc2)C(C)(C)C)[C@H](C)[C@@H](OC(=O)C(C)(C)C)C[C@H]3C1(C)C. The first kappa shape index (κ1) is 32.2. The molecule has 2 aromatic carbocycles. The van der Waals surface area contributed by atoms with Gasteiger partial charge in [0.05, 0.1) is 11.5 Å². The third-order valence-electron chi connectivity index (χ3n) is 11.6. The largest absolute Gasteiger partial charge is 0.462 e. The Morgan fingerprint density at radius 3 is 1.98 bits per heavy atom. The van der Waals surface area contributed by atoms with Crippen molar-refractivity contribution in [1.82, 2.24) is 0 Å². The number of aliphatic hydroxyl groups excluding tert-OH is 1. The molecule has 234 valence electrons. The normalized spacial score (nSPS) is 30.6. The summed E-state index contributed by atoms with van der Waals surface area (Å²) in [5, 5.41) is 13.9. The summed E-state index contributed by atoms with van der Waals surface area (Å²) in [5.74, 6) is 0.324. The molecule has 0 amide bonds. The molecule has 0 heterocycles. The number of ether oxygens (including phenoxy) is 1. The van der Waals surface area contributed by atoms with Crippen molar-refractivity contribution in [2.75, 3.05) is 6.61 Å². The Labute approximate surface area is 261 Å². The van der Waals surface area contributed by atoms with Crippen LogP contribution >= 0.6 is 0 Å². The maximum atomic E-state index is 13.3. The quantitative estimate of drug-likeness (QED) is 0.214. The highest BCUT2D eigenvalue weighted by atomic mass is 28.4. The molecule has 1 N–H and O–H groups in total. The van der Waals surface area contributed by atoms with E-state index in [0.717, 1.165) is 19.3 Å². The van der Waals surface area contributed by atoms with E-state index < -0.39 is 19.8 Å². The van der Waals surface area contributed by atoms with Crippen LogP contribution in [0.15, 0.2) is 71.8 Å². The van der Waals surface area contributed by atoms with Crippen LogP contribution in [-0.4, -0.2) is 38.2 Å². The van der Waals surface area contributed by atoms with Crippen molar-refractivity contribution in [2.45, 2.75) is 106 Å². The summed E-state index contributed by atoms with van der Waals surface area (Å²) in [7, 11) is -2.79. The molecule has 0 aromatic heterocycles. The molecule has 5 heteroatoms. The highest BCUT2D eigenvalue weighted by Crippen LogP contribution is 2.71. The Bertz CT molecular complexity index is 1310. The number of carbonyl (C=O) groups is 1. The number of esters is 1. The molecule has 3 aliphatic carbocycles. The molecular weight excluding hydrogens is 549 g/mol. The number of allylic oxidation sites excluding steroid dienone is 1. The van der Waals surface area contributed by atoms with Crippen LogP contribution in [0.25, 0.3) is 0 Å². The van der Waals surface area contributed by atoms with Gasteiger partial charge in [-0.05, 0) is 91.1 Å². The fraction of sp³-hybridized carbons (Fsp3) is 0.605. The molecule has 0 saturated heterocycles. The summed E-state index contributed by atoms with van der Waals surface area (Å²) in [6.45, 7) is 22.5. The van der Waals surface area contributed by atoms with E-state index in [1.165, 1.54) is 21.5 Å². The van der Waals surface area contributed by atoms with E-state index in [-0.39, 0.29) is 45.7 Å². The van der Waals surface area contributed by atoms with Gasteiger partial charge in [0.25, 0.3) is 8.32 Å². The van der Waals surface area contributed by atoms with Crippen LogP contribution < -0.4 is 10.4 Å². The van der Waals surface area contributed by atoms with Crippen LogP contribution in [0.5, 0.6) is 0 Å².